The number of ether oxygens (including phenoxy) is 11. The van der Waals surface area contributed by atoms with Crippen LogP contribution >= 0.6 is 0 Å². The number of hydrogen-bond donors (Lipinski definition) is 2. The van der Waals surface area contributed by atoms with Crippen molar-refractivity contribution in [3.8, 4) is 0 Å². The van der Waals surface area contributed by atoms with Gasteiger partial charge in [-0.25, -0.2) is 0 Å². The minimum atomic E-state index is -1.06. The molecule has 0 aromatic heterocycles. The number of carbonyl (C=O) groups is 1. The molecule has 0 fully saturated rings. The molecule has 0 heterocycles. The van der Waals surface area contributed by atoms with Gasteiger partial charge in [0.25, 0.3) is 0 Å². The lowest BCUT2D eigenvalue weighted by Crippen LogP contribution is -2.22. The van der Waals surface area contributed by atoms with Crippen molar-refractivity contribution in [1.29, 1.82) is 0 Å². The van der Waals surface area contributed by atoms with Gasteiger partial charge in [0, 0.05) is 6.61 Å². The van der Waals surface area contributed by atoms with E-state index in [1.807, 2.05) is 0 Å². The molecule has 0 bridgehead atoms. The van der Waals surface area contributed by atoms with Gasteiger partial charge in [-0.1, -0.05) is 103 Å². The van der Waals surface area contributed by atoms with E-state index in [1.54, 1.807) is 0 Å². The highest BCUT2D eigenvalue weighted by molar-refractivity contribution is 5.69. The Bertz CT molecular complexity index is 736. The Labute approximate surface area is 340 Å². The van der Waals surface area contributed by atoms with Crippen LogP contribution in [0, 0.1) is 0 Å². The molecule has 0 amide bonds. The van der Waals surface area contributed by atoms with Crippen molar-refractivity contribution in [3.05, 3.63) is 0 Å². The molecule has 0 aliphatic heterocycles. The van der Waals surface area contributed by atoms with Gasteiger partial charge in [0.15, 0.2) is 0 Å². The van der Waals surface area contributed by atoms with Crippen molar-refractivity contribution in [2.24, 2.45) is 0 Å². The van der Waals surface area contributed by atoms with Gasteiger partial charge < -0.3 is 62.3 Å². The standard InChI is InChI=1S/C42H84O14/c1-2-3-4-5-6-7-8-9-10-11-12-13-14-15-16-17-19-46-21-23-48-25-27-50-29-31-52-33-35-54-37-38-55-36-34-53-32-30-51-28-26-49-24-22-47-20-18-42(45)56-40-41(44)39-43/h41,43-44H,2-40H2,1H3. The highest BCUT2D eigenvalue weighted by Gasteiger charge is 2.07. The number of aliphatic hydroxyl groups excluding tert-OH is 2. The first-order valence-electron chi connectivity index (χ1n) is 21.9. The normalized spacial score (nSPS) is 12.1. The molecule has 14 heteroatoms. The molecule has 56 heavy (non-hydrogen) atoms. The van der Waals surface area contributed by atoms with Gasteiger partial charge >= 0.3 is 5.97 Å². The van der Waals surface area contributed by atoms with Gasteiger partial charge in [-0.3, -0.25) is 4.79 Å². The van der Waals surface area contributed by atoms with Gasteiger partial charge in [0.1, 0.15) is 12.7 Å². The maximum absolute atomic E-state index is 11.4. The number of esters is 1. The fourth-order valence-corrected chi connectivity index (χ4v) is 5.30. The molecule has 0 rings (SSSR count). The first-order chi connectivity index (χ1) is 27.7. The molecule has 14 nitrogen and oxygen atoms in total. The number of unbranched alkanes of at least 4 members (excludes halogenated alkanes) is 15. The summed E-state index contributed by atoms with van der Waals surface area (Å²) in [4.78, 5) is 11.4. The zero-order valence-electron chi connectivity index (χ0n) is 35.4. The van der Waals surface area contributed by atoms with Crippen LogP contribution in [0.25, 0.3) is 0 Å². The molecular formula is C42H84O14. The third-order valence-corrected chi connectivity index (χ3v) is 8.59. The molecule has 0 radical (unpaired) electrons. The summed E-state index contributed by atoms with van der Waals surface area (Å²) in [6.07, 6.45) is 21.1. The van der Waals surface area contributed by atoms with E-state index >= 15 is 0 Å². The number of carbonyl (C=O) groups excluding carboxylic acids is 1. The number of aliphatic hydroxyl groups is 2. The second kappa shape index (κ2) is 50.1. The molecule has 2 N–H and O–H groups in total. The summed E-state index contributed by atoms with van der Waals surface area (Å²) < 4.78 is 59.7. The Morgan fingerprint density at radius 3 is 0.911 bits per heavy atom. The van der Waals surface area contributed by atoms with Crippen LogP contribution in [-0.4, -0.2) is 168 Å². The summed E-state index contributed by atoms with van der Waals surface area (Å²) in [5.74, 6) is -0.492. The van der Waals surface area contributed by atoms with Crippen LogP contribution in [-0.2, 0) is 56.9 Å². The highest BCUT2D eigenvalue weighted by atomic mass is 16.6. The van der Waals surface area contributed by atoms with Crippen LogP contribution in [0.5, 0.6) is 0 Å². The molecule has 0 saturated carbocycles. The van der Waals surface area contributed by atoms with E-state index in [2.05, 4.69) is 6.92 Å². The lowest BCUT2D eigenvalue weighted by Gasteiger charge is -2.09. The van der Waals surface area contributed by atoms with Crippen LogP contribution in [0.3, 0.4) is 0 Å². The first kappa shape index (κ1) is 55.0. The van der Waals surface area contributed by atoms with Crippen molar-refractivity contribution < 1.29 is 67.1 Å². The highest BCUT2D eigenvalue weighted by Crippen LogP contribution is 2.13. The minimum absolute atomic E-state index is 0.0702. The monoisotopic (exact) mass is 813 g/mol. The molecule has 0 saturated heterocycles. The van der Waals surface area contributed by atoms with Crippen molar-refractivity contribution >= 4 is 5.97 Å². The predicted molar refractivity (Wildman–Crippen MR) is 216 cm³/mol. The third-order valence-electron chi connectivity index (χ3n) is 8.59. The number of rotatable bonds is 50. The molecule has 0 aromatic carbocycles. The van der Waals surface area contributed by atoms with Crippen LogP contribution in [0.2, 0.25) is 0 Å². The summed E-state index contributed by atoms with van der Waals surface area (Å²) in [5.41, 5.74) is 0. The molecule has 1 unspecified atom stereocenters. The molecule has 0 spiro atoms. The van der Waals surface area contributed by atoms with E-state index in [-0.39, 0.29) is 19.6 Å². The largest absolute Gasteiger partial charge is 0.463 e. The van der Waals surface area contributed by atoms with E-state index in [1.165, 1.54) is 96.3 Å². The Hall–Kier alpha value is -1.01. The summed E-state index contributed by atoms with van der Waals surface area (Å²) in [6.45, 7) is 11.5. The molecule has 0 aliphatic rings. The predicted octanol–water partition coefficient (Wildman–Crippen LogP) is 5.70. The molecule has 336 valence electrons. The molecule has 0 aliphatic carbocycles. The topological polar surface area (TPSA) is 159 Å². The van der Waals surface area contributed by atoms with Crippen LogP contribution in [0.4, 0.5) is 0 Å². The van der Waals surface area contributed by atoms with Gasteiger partial charge in [-0.05, 0) is 6.42 Å². The Kier molecular flexibility index (Phi) is 49.2. The zero-order chi connectivity index (χ0) is 40.5. The molecule has 1 atom stereocenters. The van der Waals surface area contributed by atoms with E-state index in [0.29, 0.717) is 119 Å². The van der Waals surface area contributed by atoms with Crippen LogP contribution < -0.4 is 0 Å². The van der Waals surface area contributed by atoms with Gasteiger partial charge in [0.2, 0.25) is 0 Å². The van der Waals surface area contributed by atoms with Crippen LogP contribution in [0.1, 0.15) is 116 Å². The second-order valence-corrected chi connectivity index (χ2v) is 13.7. The SMILES string of the molecule is CCCCCCCCCCCCCCCCCCOCCOCCOCCOCCOCCOCCOCCOCCOCCOCCC(=O)OCC(O)CO. The Balaban J connectivity index is 3.09. The van der Waals surface area contributed by atoms with Crippen molar-refractivity contribution in [3.63, 3.8) is 0 Å². The quantitative estimate of drug-likeness (QED) is 0.0569. The third kappa shape index (κ3) is 49.1. The van der Waals surface area contributed by atoms with E-state index < -0.39 is 18.7 Å². The van der Waals surface area contributed by atoms with Gasteiger partial charge in [0.05, 0.1) is 139 Å². The van der Waals surface area contributed by atoms with E-state index in [9.17, 15) is 4.79 Å². The summed E-state index contributed by atoms with van der Waals surface area (Å²) >= 11 is 0. The Morgan fingerprint density at radius 1 is 0.375 bits per heavy atom. The van der Waals surface area contributed by atoms with Crippen molar-refractivity contribution in [2.75, 3.05) is 145 Å². The fraction of sp³-hybridized carbons (Fsp3) is 0.976. The number of hydrogen-bond acceptors (Lipinski definition) is 14. The summed E-state index contributed by atoms with van der Waals surface area (Å²) in [7, 11) is 0. The average molecular weight is 813 g/mol. The lowest BCUT2D eigenvalue weighted by molar-refractivity contribution is -0.148. The summed E-state index contributed by atoms with van der Waals surface area (Å²) in [5, 5.41) is 17.8. The molecule has 0 aromatic rings. The first-order valence-corrected chi connectivity index (χ1v) is 21.9. The second-order valence-electron chi connectivity index (χ2n) is 13.7. The molecular weight excluding hydrogens is 728 g/mol. The van der Waals surface area contributed by atoms with E-state index in [0.717, 1.165) is 13.0 Å². The van der Waals surface area contributed by atoms with Crippen molar-refractivity contribution in [2.45, 2.75) is 122 Å². The maximum Gasteiger partial charge on any atom is 0.308 e. The fourth-order valence-electron chi connectivity index (χ4n) is 5.30. The van der Waals surface area contributed by atoms with E-state index in [4.69, 9.17) is 62.3 Å². The Morgan fingerprint density at radius 2 is 0.625 bits per heavy atom. The minimum Gasteiger partial charge on any atom is -0.463 e. The van der Waals surface area contributed by atoms with Crippen molar-refractivity contribution in [1.82, 2.24) is 0 Å². The summed E-state index contributed by atoms with van der Waals surface area (Å²) in [6, 6.07) is 0. The maximum atomic E-state index is 11.4. The average Bonchev–Trinajstić information content (AvgIpc) is 3.21. The smallest absolute Gasteiger partial charge is 0.308 e. The van der Waals surface area contributed by atoms with Gasteiger partial charge in [-0.2, -0.15) is 0 Å². The zero-order valence-corrected chi connectivity index (χ0v) is 35.4. The lowest BCUT2D eigenvalue weighted by atomic mass is 10.0. The van der Waals surface area contributed by atoms with Crippen LogP contribution in [0.15, 0.2) is 0 Å². The van der Waals surface area contributed by atoms with Gasteiger partial charge in [-0.15, -0.1) is 0 Å².